The van der Waals surface area contributed by atoms with Gasteiger partial charge in [-0.3, -0.25) is 20.2 Å². The third-order valence-electron chi connectivity index (χ3n) is 2.99. The molecular formula is C14H10F2N2O5. The molecule has 0 aromatic heterocycles. The molecule has 0 N–H and O–H groups in total. The average Bonchev–Trinajstić information content (AvgIpc) is 2.54. The van der Waals surface area contributed by atoms with Gasteiger partial charge in [0.2, 0.25) is 12.7 Å². The highest BCUT2D eigenvalue weighted by Crippen LogP contribution is 2.36. The Balaban J connectivity index is 2.26. The molecule has 2 rings (SSSR count). The molecule has 0 aliphatic heterocycles. The number of nitrogens with zero attached hydrogens (tertiary/aromatic N) is 2. The molecule has 23 heavy (non-hydrogen) atoms. The second kappa shape index (κ2) is 6.88. The van der Waals surface area contributed by atoms with E-state index in [0.717, 1.165) is 24.3 Å². The minimum absolute atomic E-state index is 0.473. The molecule has 0 radical (unpaired) electrons. The number of alkyl halides is 2. The molecule has 0 bridgehead atoms. The molecule has 9 heteroatoms. The Morgan fingerprint density at radius 1 is 0.783 bits per heavy atom. The van der Waals surface area contributed by atoms with Gasteiger partial charge in [-0.2, -0.15) is 0 Å². The van der Waals surface area contributed by atoms with Gasteiger partial charge in [0, 0.05) is 12.1 Å². The van der Waals surface area contributed by atoms with Gasteiger partial charge >= 0.3 is 0 Å². The minimum Gasteiger partial charge on any atom is -0.305 e. The molecule has 2 unspecified atom stereocenters. The molecule has 0 heterocycles. The number of rotatable bonds is 6. The molecule has 120 valence electrons. The predicted octanol–water partition coefficient (Wildman–Crippen LogP) is 4.16. The Hall–Kier alpha value is -2.94. The second-order valence-electron chi connectivity index (χ2n) is 4.40. The lowest BCUT2D eigenvalue weighted by atomic mass is 10.1. The fourth-order valence-electron chi connectivity index (χ4n) is 1.94. The first-order valence-corrected chi connectivity index (χ1v) is 6.32. The molecule has 0 spiro atoms. The Labute approximate surface area is 128 Å². The first-order chi connectivity index (χ1) is 10.9. The van der Waals surface area contributed by atoms with Crippen LogP contribution in [0.25, 0.3) is 0 Å². The van der Waals surface area contributed by atoms with Crippen molar-refractivity contribution in [3.05, 3.63) is 79.9 Å². The van der Waals surface area contributed by atoms with E-state index in [1.807, 2.05) is 0 Å². The van der Waals surface area contributed by atoms with Crippen molar-refractivity contribution < 1.29 is 23.4 Å². The number of nitro benzene ring substituents is 2. The fraction of sp³-hybridized carbons (Fsp3) is 0.143. The Kier molecular flexibility index (Phi) is 4.91. The van der Waals surface area contributed by atoms with Gasteiger partial charge in [-0.15, -0.1) is 0 Å². The summed E-state index contributed by atoms with van der Waals surface area (Å²) in [6.45, 7) is 0. The van der Waals surface area contributed by atoms with Crippen molar-refractivity contribution in [2.24, 2.45) is 0 Å². The second-order valence-corrected chi connectivity index (χ2v) is 4.40. The fourth-order valence-corrected chi connectivity index (χ4v) is 1.94. The SMILES string of the molecule is O=[N+]([O-])c1ccccc1C(F)OC(F)c1ccccc1[N+](=O)[O-]. The first-order valence-electron chi connectivity index (χ1n) is 6.32. The Morgan fingerprint density at radius 2 is 1.13 bits per heavy atom. The third kappa shape index (κ3) is 3.64. The maximum atomic E-state index is 14.1. The number of para-hydroxylation sites is 2. The molecule has 7 nitrogen and oxygen atoms in total. The Morgan fingerprint density at radius 3 is 1.48 bits per heavy atom. The standard InChI is InChI=1S/C14H10F2N2O5/c15-13(9-5-1-3-7-11(9)17(19)20)23-14(16)10-6-2-4-8-12(10)18(21)22/h1-8,13-14H. The van der Waals surface area contributed by atoms with Crippen molar-refractivity contribution in [3.8, 4) is 0 Å². The summed E-state index contributed by atoms with van der Waals surface area (Å²) in [5.74, 6) is 0. The summed E-state index contributed by atoms with van der Waals surface area (Å²) in [5.41, 5.74) is -2.10. The molecule has 0 aliphatic carbocycles. The summed E-state index contributed by atoms with van der Waals surface area (Å²) >= 11 is 0. The van der Waals surface area contributed by atoms with Gasteiger partial charge < -0.3 is 4.74 Å². The van der Waals surface area contributed by atoms with Crippen LogP contribution in [0.2, 0.25) is 0 Å². The lowest BCUT2D eigenvalue weighted by Crippen LogP contribution is -2.07. The molecule has 2 aromatic carbocycles. The van der Waals surface area contributed by atoms with Gasteiger partial charge in [0.15, 0.2) is 0 Å². The van der Waals surface area contributed by atoms with Gasteiger partial charge in [0.25, 0.3) is 11.4 Å². The number of nitro groups is 2. The molecule has 2 aromatic rings. The van der Waals surface area contributed by atoms with E-state index in [-0.39, 0.29) is 0 Å². The number of hydrogen-bond acceptors (Lipinski definition) is 5. The van der Waals surface area contributed by atoms with Crippen molar-refractivity contribution in [2.45, 2.75) is 12.7 Å². The van der Waals surface area contributed by atoms with Gasteiger partial charge in [-0.25, -0.2) is 8.78 Å². The van der Waals surface area contributed by atoms with E-state index < -0.39 is 45.1 Å². The smallest absolute Gasteiger partial charge is 0.278 e. The lowest BCUT2D eigenvalue weighted by molar-refractivity contribution is -0.388. The van der Waals surface area contributed by atoms with Crippen molar-refractivity contribution in [1.82, 2.24) is 0 Å². The molecule has 0 amide bonds. The summed E-state index contributed by atoms with van der Waals surface area (Å²) in [5, 5.41) is 21.7. The largest absolute Gasteiger partial charge is 0.305 e. The minimum atomic E-state index is -2.45. The zero-order chi connectivity index (χ0) is 17.0. The summed E-state index contributed by atoms with van der Waals surface area (Å²) in [4.78, 5) is 20.0. The molecule has 2 atom stereocenters. The van der Waals surface area contributed by atoms with Crippen molar-refractivity contribution >= 4 is 11.4 Å². The topological polar surface area (TPSA) is 95.5 Å². The monoisotopic (exact) mass is 324 g/mol. The van der Waals surface area contributed by atoms with Crippen LogP contribution in [-0.4, -0.2) is 9.85 Å². The van der Waals surface area contributed by atoms with Crippen LogP contribution in [0.1, 0.15) is 23.8 Å². The van der Waals surface area contributed by atoms with Crippen molar-refractivity contribution in [2.75, 3.05) is 0 Å². The van der Waals surface area contributed by atoms with Gasteiger partial charge in [0.1, 0.15) is 0 Å². The van der Waals surface area contributed by atoms with E-state index in [9.17, 15) is 29.0 Å². The van der Waals surface area contributed by atoms with Crippen LogP contribution in [-0.2, 0) is 4.74 Å². The molecule has 0 saturated heterocycles. The molecular weight excluding hydrogens is 314 g/mol. The van der Waals surface area contributed by atoms with Crippen LogP contribution < -0.4 is 0 Å². The normalized spacial score (nSPS) is 13.3. The van der Waals surface area contributed by atoms with Crippen molar-refractivity contribution in [1.29, 1.82) is 0 Å². The molecule has 0 saturated carbocycles. The Bertz CT molecular complexity index is 679. The zero-order valence-electron chi connectivity index (χ0n) is 11.5. The van der Waals surface area contributed by atoms with Gasteiger partial charge in [-0.1, -0.05) is 24.3 Å². The van der Waals surface area contributed by atoms with E-state index in [1.165, 1.54) is 24.3 Å². The lowest BCUT2D eigenvalue weighted by Gasteiger charge is -2.14. The van der Waals surface area contributed by atoms with Crippen molar-refractivity contribution in [3.63, 3.8) is 0 Å². The van der Waals surface area contributed by atoms with Crippen LogP contribution in [0.15, 0.2) is 48.5 Å². The highest BCUT2D eigenvalue weighted by atomic mass is 19.2. The third-order valence-corrected chi connectivity index (χ3v) is 2.99. The maximum absolute atomic E-state index is 14.1. The average molecular weight is 324 g/mol. The van der Waals surface area contributed by atoms with Crippen LogP contribution in [0.5, 0.6) is 0 Å². The maximum Gasteiger partial charge on any atom is 0.278 e. The molecule has 0 fully saturated rings. The highest BCUT2D eigenvalue weighted by Gasteiger charge is 2.28. The zero-order valence-corrected chi connectivity index (χ0v) is 11.5. The van der Waals surface area contributed by atoms with Crippen LogP contribution in [0.4, 0.5) is 20.2 Å². The number of ether oxygens (including phenoxy) is 1. The number of halogens is 2. The summed E-state index contributed by atoms with van der Waals surface area (Å²) in [6, 6.07) is 9.55. The van der Waals surface area contributed by atoms with Crippen LogP contribution in [0, 0.1) is 20.2 Å². The van der Waals surface area contributed by atoms with E-state index >= 15 is 0 Å². The summed E-state index contributed by atoms with van der Waals surface area (Å²) in [7, 11) is 0. The van der Waals surface area contributed by atoms with E-state index in [0.29, 0.717) is 0 Å². The molecule has 0 aliphatic rings. The summed E-state index contributed by atoms with van der Waals surface area (Å²) in [6.07, 6.45) is -4.90. The summed E-state index contributed by atoms with van der Waals surface area (Å²) < 4.78 is 32.6. The first kappa shape index (κ1) is 16.4. The van der Waals surface area contributed by atoms with E-state index in [1.54, 1.807) is 0 Å². The highest BCUT2D eigenvalue weighted by molar-refractivity contribution is 5.42. The number of benzene rings is 2. The van der Waals surface area contributed by atoms with Gasteiger partial charge in [0.05, 0.1) is 21.0 Å². The quantitative estimate of drug-likeness (QED) is 0.587. The van der Waals surface area contributed by atoms with Gasteiger partial charge in [-0.05, 0) is 12.1 Å². The van der Waals surface area contributed by atoms with E-state index in [4.69, 9.17) is 0 Å². The van der Waals surface area contributed by atoms with E-state index in [2.05, 4.69) is 4.74 Å². The predicted molar refractivity (Wildman–Crippen MR) is 75.0 cm³/mol. The van der Waals surface area contributed by atoms with Crippen LogP contribution >= 0.6 is 0 Å². The number of hydrogen-bond donors (Lipinski definition) is 0. The van der Waals surface area contributed by atoms with Crippen LogP contribution in [0.3, 0.4) is 0 Å².